The van der Waals surface area contributed by atoms with Crippen LogP contribution < -0.4 is 0 Å². The minimum atomic E-state index is -0.225. The van der Waals surface area contributed by atoms with Crippen molar-refractivity contribution in [3.8, 4) is 0 Å². The maximum Gasteiger partial charge on any atom is 0.119 e. The van der Waals surface area contributed by atoms with E-state index in [2.05, 4.69) is 46.2 Å². The van der Waals surface area contributed by atoms with E-state index in [1.807, 2.05) is 24.3 Å². The number of aromatic nitrogens is 1. The molecule has 2 atom stereocenters. The van der Waals surface area contributed by atoms with Crippen LogP contribution >= 0.6 is 0 Å². The van der Waals surface area contributed by atoms with Gasteiger partial charge in [-0.05, 0) is 69.6 Å². The molecule has 1 aromatic heterocycles. The number of aldehydes is 1. The van der Waals surface area contributed by atoms with Crippen LogP contribution in [0.3, 0.4) is 0 Å². The fraction of sp³-hybridized carbons (Fsp3) is 0.655. The molecule has 0 radical (unpaired) electrons. The van der Waals surface area contributed by atoms with Gasteiger partial charge in [0, 0.05) is 18.8 Å². The molecule has 0 aliphatic carbocycles. The third kappa shape index (κ3) is 22.9. The molecule has 1 aromatic rings. The van der Waals surface area contributed by atoms with Gasteiger partial charge in [0.2, 0.25) is 0 Å². The second kappa shape index (κ2) is 25.5. The zero-order valence-electron chi connectivity index (χ0n) is 21.7. The summed E-state index contributed by atoms with van der Waals surface area (Å²) < 4.78 is 0. The molecule has 32 heavy (non-hydrogen) atoms. The largest absolute Gasteiger partial charge is 0.389 e. The maximum atomic E-state index is 9.97. The highest BCUT2D eigenvalue weighted by molar-refractivity contribution is 5.48. The molecular formula is C29H51NO2. The van der Waals surface area contributed by atoms with E-state index in [1.165, 1.54) is 56.1 Å². The molecule has 3 nitrogen and oxygen atoms in total. The minimum absolute atomic E-state index is 0.225. The Bertz CT molecular complexity index is 513. The van der Waals surface area contributed by atoms with Crippen molar-refractivity contribution in [3.63, 3.8) is 0 Å². The number of aliphatic hydroxyl groups is 1. The summed E-state index contributed by atoms with van der Waals surface area (Å²) in [5.74, 6) is 0.634. The first-order chi connectivity index (χ1) is 15.4. The number of carbonyl (C=O) groups is 1. The van der Waals surface area contributed by atoms with Crippen molar-refractivity contribution in [3.05, 3.63) is 54.4 Å². The number of unbranched alkanes of at least 4 members (excludes halogenated alkanes) is 7. The van der Waals surface area contributed by atoms with E-state index in [-0.39, 0.29) is 6.10 Å². The van der Waals surface area contributed by atoms with E-state index in [0.717, 1.165) is 38.4 Å². The first-order valence-electron chi connectivity index (χ1n) is 12.7. The van der Waals surface area contributed by atoms with Gasteiger partial charge in [-0.25, -0.2) is 0 Å². The predicted molar refractivity (Wildman–Crippen MR) is 141 cm³/mol. The Labute approximate surface area is 199 Å². The average molecular weight is 446 g/mol. The number of carbonyl (C=O) groups excluding carboxylic acids is 1. The van der Waals surface area contributed by atoms with Crippen LogP contribution in [0.25, 0.3) is 0 Å². The summed E-state index contributed by atoms with van der Waals surface area (Å²) in [6.07, 6.45) is 20.0. The van der Waals surface area contributed by atoms with Gasteiger partial charge in [-0.2, -0.15) is 0 Å². The molecule has 0 saturated heterocycles. The van der Waals surface area contributed by atoms with Gasteiger partial charge in [-0.3, -0.25) is 4.98 Å². The Morgan fingerprint density at radius 2 is 1.53 bits per heavy atom. The quantitative estimate of drug-likeness (QED) is 0.167. The summed E-state index contributed by atoms with van der Waals surface area (Å²) in [6, 6.07) is 5.72. The SMILES string of the molecule is C=CCCCCCCCCC=O.CCCC(C)CC(O)/C(C)=C(\C)CC.c1ccncc1. The summed E-state index contributed by atoms with van der Waals surface area (Å²) in [4.78, 5) is 13.8. The normalized spacial score (nSPS) is 12.8. The fourth-order valence-corrected chi connectivity index (χ4v) is 3.27. The second-order valence-electron chi connectivity index (χ2n) is 8.64. The molecule has 2 unspecified atom stereocenters. The molecule has 0 aliphatic heterocycles. The van der Waals surface area contributed by atoms with Crippen molar-refractivity contribution in [2.75, 3.05) is 0 Å². The molecule has 0 spiro atoms. The third-order valence-electron chi connectivity index (χ3n) is 5.66. The maximum absolute atomic E-state index is 9.97. The molecule has 1 rings (SSSR count). The number of rotatable bonds is 15. The van der Waals surface area contributed by atoms with Gasteiger partial charge in [0.1, 0.15) is 6.29 Å². The van der Waals surface area contributed by atoms with E-state index in [9.17, 15) is 9.90 Å². The van der Waals surface area contributed by atoms with Gasteiger partial charge in [-0.1, -0.05) is 77.0 Å². The van der Waals surface area contributed by atoms with Crippen LogP contribution in [0.1, 0.15) is 112 Å². The van der Waals surface area contributed by atoms with E-state index in [0.29, 0.717) is 5.92 Å². The van der Waals surface area contributed by atoms with Gasteiger partial charge >= 0.3 is 0 Å². The molecule has 3 heteroatoms. The molecule has 0 saturated carbocycles. The molecule has 0 aliphatic rings. The summed E-state index contributed by atoms with van der Waals surface area (Å²) >= 11 is 0. The van der Waals surface area contributed by atoms with Gasteiger partial charge in [0.25, 0.3) is 0 Å². The van der Waals surface area contributed by atoms with Gasteiger partial charge in [0.05, 0.1) is 6.10 Å². The Morgan fingerprint density at radius 1 is 0.969 bits per heavy atom. The monoisotopic (exact) mass is 445 g/mol. The Hall–Kier alpha value is -1.74. The van der Waals surface area contributed by atoms with Crippen LogP contribution in [0.4, 0.5) is 0 Å². The molecule has 0 amide bonds. The number of pyridine rings is 1. The van der Waals surface area contributed by atoms with Gasteiger partial charge < -0.3 is 9.90 Å². The van der Waals surface area contributed by atoms with Gasteiger partial charge in [-0.15, -0.1) is 6.58 Å². The lowest BCUT2D eigenvalue weighted by atomic mass is 9.93. The van der Waals surface area contributed by atoms with Crippen LogP contribution in [-0.4, -0.2) is 22.5 Å². The van der Waals surface area contributed by atoms with E-state index >= 15 is 0 Å². The molecule has 0 fully saturated rings. The Kier molecular flexibility index (Phi) is 25.9. The Balaban J connectivity index is 0. The lowest BCUT2D eigenvalue weighted by Gasteiger charge is -2.18. The number of nitrogens with zero attached hydrogens (tertiary/aromatic N) is 1. The van der Waals surface area contributed by atoms with Crippen LogP contribution in [0.2, 0.25) is 0 Å². The summed E-state index contributed by atoms with van der Waals surface area (Å²) in [6.45, 7) is 14.4. The van der Waals surface area contributed by atoms with Crippen molar-refractivity contribution < 1.29 is 9.90 Å². The standard InChI is InChI=1S/C13H26O.C11H20O.C5H5N/c1-6-8-10(3)9-13(14)12(5)11(4)7-2;1-2-3-4-5-6-7-8-9-10-11-12;1-2-4-6-5-3-1/h10,13-14H,6-9H2,1-5H3;2,11H,1,3-10H2;1-5H/b12-11+;;. The van der Waals surface area contributed by atoms with Gasteiger partial charge in [0.15, 0.2) is 0 Å². The second-order valence-corrected chi connectivity index (χ2v) is 8.64. The highest BCUT2D eigenvalue weighted by Crippen LogP contribution is 2.20. The van der Waals surface area contributed by atoms with Crippen molar-refractivity contribution in [1.29, 1.82) is 0 Å². The topological polar surface area (TPSA) is 50.2 Å². The highest BCUT2D eigenvalue weighted by atomic mass is 16.3. The van der Waals surface area contributed by atoms with Crippen LogP contribution in [0, 0.1) is 5.92 Å². The van der Waals surface area contributed by atoms with Crippen molar-refractivity contribution in [2.45, 2.75) is 118 Å². The lowest BCUT2D eigenvalue weighted by Crippen LogP contribution is -2.14. The molecule has 1 N–H and O–H groups in total. The highest BCUT2D eigenvalue weighted by Gasteiger charge is 2.12. The zero-order valence-corrected chi connectivity index (χ0v) is 21.7. The van der Waals surface area contributed by atoms with Crippen LogP contribution in [0.15, 0.2) is 54.4 Å². The third-order valence-corrected chi connectivity index (χ3v) is 5.66. The van der Waals surface area contributed by atoms with Crippen LogP contribution in [0.5, 0.6) is 0 Å². The first-order valence-corrected chi connectivity index (χ1v) is 12.7. The number of allylic oxidation sites excluding steroid dienone is 2. The van der Waals surface area contributed by atoms with Crippen LogP contribution in [-0.2, 0) is 4.79 Å². The van der Waals surface area contributed by atoms with Crippen molar-refractivity contribution in [1.82, 2.24) is 4.98 Å². The summed E-state index contributed by atoms with van der Waals surface area (Å²) in [5.41, 5.74) is 2.51. The number of hydrogen-bond acceptors (Lipinski definition) is 3. The summed E-state index contributed by atoms with van der Waals surface area (Å²) in [7, 11) is 0. The van der Waals surface area contributed by atoms with E-state index in [1.54, 1.807) is 12.4 Å². The molecule has 184 valence electrons. The Morgan fingerprint density at radius 3 is 1.94 bits per heavy atom. The molecule has 0 bridgehead atoms. The van der Waals surface area contributed by atoms with E-state index < -0.39 is 0 Å². The number of aliphatic hydroxyl groups excluding tert-OH is 1. The zero-order chi connectivity index (χ0) is 24.5. The number of hydrogen-bond donors (Lipinski definition) is 1. The van der Waals surface area contributed by atoms with Crippen molar-refractivity contribution in [2.24, 2.45) is 5.92 Å². The predicted octanol–water partition coefficient (Wildman–Crippen LogP) is 8.49. The molecule has 0 aromatic carbocycles. The molecular weight excluding hydrogens is 394 g/mol. The average Bonchev–Trinajstić information content (AvgIpc) is 2.82. The summed E-state index contributed by atoms with van der Waals surface area (Å²) in [5, 5.41) is 9.96. The lowest BCUT2D eigenvalue weighted by molar-refractivity contribution is -0.107. The fourth-order valence-electron chi connectivity index (χ4n) is 3.27. The van der Waals surface area contributed by atoms with E-state index in [4.69, 9.17) is 0 Å². The smallest absolute Gasteiger partial charge is 0.119 e. The van der Waals surface area contributed by atoms with Crippen molar-refractivity contribution >= 4 is 6.29 Å². The molecule has 1 heterocycles. The minimum Gasteiger partial charge on any atom is -0.389 e. The first kappa shape index (κ1) is 32.4.